The number of aryl methyl sites for hydroxylation is 1. The van der Waals surface area contributed by atoms with Gasteiger partial charge in [-0.3, -0.25) is 0 Å². The van der Waals surface area contributed by atoms with Crippen molar-refractivity contribution in [3.05, 3.63) is 63.7 Å². The molecule has 0 saturated carbocycles. The Morgan fingerprint density at radius 3 is 1.97 bits per heavy atom. The fraction of sp³-hybridized carbons (Fsp3) is 0.462. The van der Waals surface area contributed by atoms with Crippen molar-refractivity contribution in [2.45, 2.75) is 70.3 Å². The van der Waals surface area contributed by atoms with E-state index in [1.807, 2.05) is 0 Å². The zero-order chi connectivity index (χ0) is 21.5. The van der Waals surface area contributed by atoms with Crippen molar-refractivity contribution in [3.63, 3.8) is 0 Å². The molecular formula is C26H33Cl2Zr. The van der Waals surface area contributed by atoms with E-state index in [2.05, 4.69) is 84.9 Å². The van der Waals surface area contributed by atoms with Gasteiger partial charge >= 0.3 is 194 Å². The second kappa shape index (κ2) is 9.42. The van der Waals surface area contributed by atoms with Crippen LogP contribution in [0.4, 0.5) is 0 Å². The third kappa shape index (κ3) is 4.94. The molecule has 2 aromatic carbocycles. The maximum absolute atomic E-state index is 6.68. The molecule has 0 heterocycles. The molecule has 0 amide bonds. The molecule has 0 aliphatic heterocycles. The summed E-state index contributed by atoms with van der Waals surface area (Å²) >= 11 is -2.49. The van der Waals surface area contributed by atoms with Gasteiger partial charge in [-0.05, 0) is 0 Å². The molecule has 0 nitrogen and oxygen atoms in total. The quantitative estimate of drug-likeness (QED) is 0.365. The van der Waals surface area contributed by atoms with Gasteiger partial charge in [0, 0.05) is 0 Å². The Morgan fingerprint density at radius 1 is 0.897 bits per heavy atom. The van der Waals surface area contributed by atoms with E-state index in [1.165, 1.54) is 44.5 Å². The van der Waals surface area contributed by atoms with Crippen LogP contribution < -0.4 is 0 Å². The Bertz CT molecular complexity index is 896. The molecule has 1 aliphatic carbocycles. The van der Waals surface area contributed by atoms with Crippen molar-refractivity contribution in [2.24, 2.45) is 5.92 Å². The zero-order valence-corrected chi connectivity index (χ0v) is 22.7. The Labute approximate surface area is 192 Å². The van der Waals surface area contributed by atoms with Crippen molar-refractivity contribution in [1.29, 1.82) is 0 Å². The zero-order valence-electron chi connectivity index (χ0n) is 18.7. The van der Waals surface area contributed by atoms with Crippen LogP contribution in [0.3, 0.4) is 0 Å². The molecule has 1 aliphatic rings. The van der Waals surface area contributed by atoms with Gasteiger partial charge in [-0.2, -0.15) is 0 Å². The molecule has 0 fully saturated rings. The van der Waals surface area contributed by atoms with E-state index in [0.717, 1.165) is 6.42 Å². The molecule has 1 unspecified atom stereocenters. The van der Waals surface area contributed by atoms with Crippen LogP contribution in [-0.4, -0.2) is 0 Å². The minimum absolute atomic E-state index is 0.287. The van der Waals surface area contributed by atoms with Gasteiger partial charge in [-0.1, -0.05) is 0 Å². The number of hydrogen-bond donors (Lipinski definition) is 0. The van der Waals surface area contributed by atoms with E-state index in [1.54, 1.807) is 0 Å². The monoisotopic (exact) mass is 505 g/mol. The van der Waals surface area contributed by atoms with Gasteiger partial charge in [0.2, 0.25) is 0 Å². The van der Waals surface area contributed by atoms with E-state index in [9.17, 15) is 0 Å². The van der Waals surface area contributed by atoms with Crippen LogP contribution in [0.15, 0.2) is 35.9 Å². The van der Waals surface area contributed by atoms with Gasteiger partial charge in [-0.15, -0.1) is 0 Å². The van der Waals surface area contributed by atoms with Crippen LogP contribution in [0.1, 0.15) is 91.2 Å². The number of fused-ring (bicyclic) bond motifs is 1. The predicted molar refractivity (Wildman–Crippen MR) is 127 cm³/mol. The Hall–Kier alpha value is -0.357. The van der Waals surface area contributed by atoms with Crippen LogP contribution in [0.2, 0.25) is 0 Å². The average molecular weight is 508 g/mol. The molecule has 1 atom stereocenters. The normalized spacial score (nSPS) is 16.0. The van der Waals surface area contributed by atoms with Gasteiger partial charge in [0.25, 0.3) is 0 Å². The summed E-state index contributed by atoms with van der Waals surface area (Å²) in [4.78, 5) is 0. The van der Waals surface area contributed by atoms with Gasteiger partial charge in [0.05, 0.1) is 0 Å². The van der Waals surface area contributed by atoms with Crippen molar-refractivity contribution in [2.75, 3.05) is 0 Å². The number of allylic oxidation sites excluding steroid dienone is 1. The topological polar surface area (TPSA) is 0 Å². The second-order valence-electron chi connectivity index (χ2n) is 9.50. The number of hydrogen-bond acceptors (Lipinski definition) is 0. The molecule has 3 heteroatoms. The molecule has 0 aromatic heterocycles. The van der Waals surface area contributed by atoms with E-state index in [-0.39, 0.29) is 3.63 Å². The Morgan fingerprint density at radius 2 is 1.48 bits per heavy atom. The first kappa shape index (κ1) is 23.3. The third-order valence-electron chi connectivity index (χ3n) is 5.96. The summed E-state index contributed by atoms with van der Waals surface area (Å²) in [5, 5.41) is 0. The van der Waals surface area contributed by atoms with Crippen LogP contribution in [0.5, 0.6) is 0 Å². The number of benzene rings is 2. The molecule has 0 saturated heterocycles. The summed E-state index contributed by atoms with van der Waals surface area (Å²) in [5.74, 6) is 1.63. The van der Waals surface area contributed by atoms with Crippen LogP contribution >= 0.6 is 17.0 Å². The maximum atomic E-state index is 6.68. The molecule has 2 aromatic rings. The van der Waals surface area contributed by atoms with E-state index < -0.39 is 19.4 Å². The van der Waals surface area contributed by atoms with E-state index >= 15 is 0 Å². The standard InChI is InChI=1S/C26H33.2ClH.Zr/c1-16(2)10-20-11-21-9-8-19(7)26(25(21)12-20)24-14-22(17(3)4)13-23(15-24)18(5)6;;;/h8-9,11-18H,10H2,1-7H3;2*1H;/q;;;+2/p-2. The van der Waals surface area contributed by atoms with Gasteiger partial charge < -0.3 is 0 Å². The summed E-state index contributed by atoms with van der Waals surface area (Å²) in [6, 6.07) is 11.7. The van der Waals surface area contributed by atoms with Gasteiger partial charge in [0.1, 0.15) is 0 Å². The molecule has 0 bridgehead atoms. The van der Waals surface area contributed by atoms with Gasteiger partial charge in [0.15, 0.2) is 0 Å². The van der Waals surface area contributed by atoms with Gasteiger partial charge in [-0.25, -0.2) is 0 Å². The molecule has 3 rings (SSSR count). The minimum atomic E-state index is -2.49. The average Bonchev–Trinajstić information content (AvgIpc) is 2.98. The molecule has 0 N–H and O–H groups in total. The predicted octanol–water partition coefficient (Wildman–Crippen LogP) is 9.32. The summed E-state index contributed by atoms with van der Waals surface area (Å²) < 4.78 is 0.287. The Kier molecular flexibility index (Phi) is 7.57. The molecule has 0 radical (unpaired) electrons. The second-order valence-corrected chi connectivity index (χ2v) is 18.3. The van der Waals surface area contributed by atoms with Crippen LogP contribution in [0, 0.1) is 12.8 Å². The summed E-state index contributed by atoms with van der Waals surface area (Å²) in [5.41, 5.74) is 11.0. The SMILES string of the molecule is Cc1ccc2c(c1-c1cc(C(C)C)cc(C(C)C)c1)C=C(CC(C)C)[CH]2[Zr]([Cl])[Cl]. The van der Waals surface area contributed by atoms with Crippen molar-refractivity contribution >= 4 is 23.1 Å². The molecule has 155 valence electrons. The van der Waals surface area contributed by atoms with Crippen molar-refractivity contribution < 1.29 is 19.4 Å². The molecule has 0 spiro atoms. The van der Waals surface area contributed by atoms with Crippen molar-refractivity contribution in [3.8, 4) is 11.1 Å². The van der Waals surface area contributed by atoms with Crippen molar-refractivity contribution in [1.82, 2.24) is 0 Å². The number of halogens is 2. The summed E-state index contributed by atoms with van der Waals surface area (Å²) in [7, 11) is 13.4. The Balaban J connectivity index is 2.25. The third-order valence-corrected chi connectivity index (χ3v) is 11.3. The summed E-state index contributed by atoms with van der Waals surface area (Å²) in [6.45, 7) is 15.9. The first-order valence-electron chi connectivity index (χ1n) is 10.8. The van der Waals surface area contributed by atoms with Crippen LogP contribution in [0.25, 0.3) is 17.2 Å². The summed E-state index contributed by atoms with van der Waals surface area (Å²) in [6.07, 6.45) is 3.50. The van der Waals surface area contributed by atoms with Crippen LogP contribution in [-0.2, 0) is 19.4 Å². The molecule has 29 heavy (non-hydrogen) atoms. The first-order chi connectivity index (χ1) is 13.6. The fourth-order valence-corrected chi connectivity index (χ4v) is 9.83. The molecular weight excluding hydrogens is 474 g/mol. The van der Waals surface area contributed by atoms with E-state index in [0.29, 0.717) is 17.8 Å². The van der Waals surface area contributed by atoms with E-state index in [4.69, 9.17) is 17.0 Å². The number of rotatable bonds is 6. The first-order valence-corrected chi connectivity index (χ1v) is 18.5. The fourth-order valence-electron chi connectivity index (χ4n) is 4.40.